The maximum absolute atomic E-state index is 8.97. The van der Waals surface area contributed by atoms with Crippen molar-refractivity contribution in [3.8, 4) is 0 Å². The first-order valence-electron chi connectivity index (χ1n) is 2.47. The fourth-order valence-electron chi connectivity index (χ4n) is 1.20. The highest BCUT2D eigenvalue weighted by Gasteiger charge is 2.76. The van der Waals surface area contributed by atoms with E-state index in [-0.39, 0.29) is 5.60 Å². The Morgan fingerprint density at radius 2 is 2.17 bits per heavy atom. The van der Waals surface area contributed by atoms with Crippen molar-refractivity contribution >= 4 is 0 Å². The van der Waals surface area contributed by atoms with Crippen LogP contribution < -0.4 is 0 Å². The zero-order chi connectivity index (χ0) is 4.36. The first-order valence-corrected chi connectivity index (χ1v) is 2.47. The van der Waals surface area contributed by atoms with Crippen LogP contribution in [0.25, 0.3) is 0 Å². The van der Waals surface area contributed by atoms with Gasteiger partial charge in [-0.15, -0.1) is 0 Å². The predicted molar refractivity (Wildman–Crippen MR) is 22.2 cm³/mol. The van der Waals surface area contributed by atoms with Gasteiger partial charge < -0.3 is 5.11 Å². The Bertz CT molecular complexity index is 94.1. The minimum Gasteiger partial charge on any atom is -0.389 e. The molecule has 0 aromatic carbocycles. The number of aliphatic hydroxyl groups is 1. The molecular weight excluding hydrogens is 76.1 g/mol. The molecule has 3 unspecified atom stereocenters. The molecule has 1 nitrogen and oxygen atoms in total. The van der Waals surface area contributed by atoms with Crippen molar-refractivity contribution in [2.45, 2.75) is 18.9 Å². The Labute approximate surface area is 37.0 Å². The van der Waals surface area contributed by atoms with Crippen molar-refractivity contribution in [2.24, 2.45) is 11.8 Å². The molecule has 0 aromatic rings. The van der Waals surface area contributed by atoms with Crippen molar-refractivity contribution < 1.29 is 5.11 Å². The molecule has 34 valence electrons. The number of hydrogen-bond acceptors (Lipinski definition) is 1. The monoisotopic (exact) mass is 84.1 g/mol. The zero-order valence-corrected chi connectivity index (χ0v) is 3.81. The van der Waals surface area contributed by atoms with Crippen LogP contribution in [0.1, 0.15) is 13.3 Å². The summed E-state index contributed by atoms with van der Waals surface area (Å²) in [4.78, 5) is 0. The summed E-state index contributed by atoms with van der Waals surface area (Å²) in [6.45, 7) is 2.11. The number of hydrogen-bond donors (Lipinski definition) is 1. The molecule has 2 saturated carbocycles. The Kier molecular flexibility index (Phi) is 0.234. The van der Waals surface area contributed by atoms with E-state index in [0.29, 0.717) is 5.92 Å². The lowest BCUT2D eigenvalue weighted by atomic mass is 10.2. The van der Waals surface area contributed by atoms with Crippen molar-refractivity contribution in [1.29, 1.82) is 0 Å². The summed E-state index contributed by atoms with van der Waals surface area (Å²) >= 11 is 0. The summed E-state index contributed by atoms with van der Waals surface area (Å²) in [6.07, 6.45) is 1.09. The van der Waals surface area contributed by atoms with Gasteiger partial charge in [0, 0.05) is 0 Å². The van der Waals surface area contributed by atoms with E-state index >= 15 is 0 Å². The average Bonchev–Trinajstić information content (AvgIpc) is 2.24. The first-order chi connectivity index (χ1) is 2.75. The van der Waals surface area contributed by atoms with Crippen molar-refractivity contribution in [1.82, 2.24) is 0 Å². The molecule has 0 amide bonds. The van der Waals surface area contributed by atoms with Gasteiger partial charge in [-0.2, -0.15) is 0 Å². The van der Waals surface area contributed by atoms with Gasteiger partial charge in [0.25, 0.3) is 0 Å². The number of fused-ring (bicyclic) bond motifs is 1. The second-order valence-corrected chi connectivity index (χ2v) is 2.59. The van der Waals surface area contributed by atoms with Gasteiger partial charge in [0.15, 0.2) is 0 Å². The molecule has 1 N–H and O–H groups in total. The summed E-state index contributed by atoms with van der Waals surface area (Å²) in [7, 11) is 0. The molecule has 0 radical (unpaired) electrons. The predicted octanol–water partition coefficient (Wildman–Crippen LogP) is 0.387. The largest absolute Gasteiger partial charge is 0.389 e. The first kappa shape index (κ1) is 3.03. The van der Waals surface area contributed by atoms with E-state index in [0.717, 1.165) is 12.3 Å². The Balaban J connectivity index is 2.23. The number of rotatable bonds is 0. The highest BCUT2D eigenvalue weighted by Crippen LogP contribution is 2.71. The zero-order valence-electron chi connectivity index (χ0n) is 3.81. The van der Waals surface area contributed by atoms with E-state index < -0.39 is 0 Å². The molecule has 1 heteroatoms. The van der Waals surface area contributed by atoms with E-state index in [9.17, 15) is 0 Å². The fraction of sp³-hybridized carbons (Fsp3) is 1.00. The van der Waals surface area contributed by atoms with E-state index in [1.807, 2.05) is 0 Å². The van der Waals surface area contributed by atoms with Crippen molar-refractivity contribution in [3.05, 3.63) is 0 Å². The lowest BCUT2D eigenvalue weighted by Gasteiger charge is -1.92. The normalized spacial score (nSPS) is 73.0. The lowest BCUT2D eigenvalue weighted by Crippen LogP contribution is -1.97. The lowest BCUT2D eigenvalue weighted by molar-refractivity contribution is 0.185. The maximum Gasteiger partial charge on any atom is 0.0713 e. The summed E-state index contributed by atoms with van der Waals surface area (Å²) < 4.78 is 0. The van der Waals surface area contributed by atoms with Gasteiger partial charge in [-0.25, -0.2) is 0 Å². The Hall–Kier alpha value is -0.0400. The molecule has 3 atom stereocenters. The molecule has 0 aliphatic heterocycles. The topological polar surface area (TPSA) is 20.2 Å². The second-order valence-electron chi connectivity index (χ2n) is 2.59. The van der Waals surface area contributed by atoms with Crippen LogP contribution >= 0.6 is 0 Å². The third-order valence-electron chi connectivity index (χ3n) is 2.31. The molecule has 2 fully saturated rings. The van der Waals surface area contributed by atoms with Crippen LogP contribution in [-0.4, -0.2) is 10.7 Å². The van der Waals surface area contributed by atoms with Gasteiger partial charge in [-0.05, 0) is 18.3 Å². The van der Waals surface area contributed by atoms with Gasteiger partial charge >= 0.3 is 0 Å². The summed E-state index contributed by atoms with van der Waals surface area (Å²) in [5.74, 6) is 1.37. The summed E-state index contributed by atoms with van der Waals surface area (Å²) in [5.41, 5.74) is -0.125. The molecule has 6 heavy (non-hydrogen) atoms. The van der Waals surface area contributed by atoms with Crippen molar-refractivity contribution in [2.75, 3.05) is 0 Å². The van der Waals surface area contributed by atoms with Gasteiger partial charge in [-0.3, -0.25) is 0 Å². The van der Waals surface area contributed by atoms with Crippen LogP contribution in [0.3, 0.4) is 0 Å². The second kappa shape index (κ2) is 0.463. The molecule has 0 spiro atoms. The Morgan fingerprint density at radius 3 is 2.17 bits per heavy atom. The molecule has 2 aliphatic rings. The Morgan fingerprint density at radius 1 is 1.83 bits per heavy atom. The van der Waals surface area contributed by atoms with Gasteiger partial charge in [0.1, 0.15) is 0 Å². The van der Waals surface area contributed by atoms with E-state index in [2.05, 4.69) is 6.92 Å². The van der Waals surface area contributed by atoms with E-state index in [1.54, 1.807) is 0 Å². The standard InChI is InChI=1S/C5H8O/c1-3-4-2-5(3,4)6/h3-4,6H,2H2,1H3. The maximum atomic E-state index is 8.97. The minimum absolute atomic E-state index is 0.125. The minimum atomic E-state index is -0.125. The van der Waals surface area contributed by atoms with Gasteiger partial charge in [-0.1, -0.05) is 6.92 Å². The molecular formula is C5H8O. The van der Waals surface area contributed by atoms with Crippen LogP contribution in [0.5, 0.6) is 0 Å². The van der Waals surface area contributed by atoms with Crippen LogP contribution in [0.15, 0.2) is 0 Å². The SMILES string of the molecule is CC1C2CC12O. The molecule has 0 heterocycles. The molecule has 0 saturated heterocycles. The quantitative estimate of drug-likeness (QED) is 0.450. The highest BCUT2D eigenvalue weighted by molar-refractivity contribution is 5.26. The van der Waals surface area contributed by atoms with Crippen LogP contribution in [0, 0.1) is 11.8 Å². The van der Waals surface area contributed by atoms with Gasteiger partial charge in [0.2, 0.25) is 0 Å². The average molecular weight is 84.1 g/mol. The van der Waals surface area contributed by atoms with Crippen LogP contribution in [-0.2, 0) is 0 Å². The molecule has 2 aliphatic carbocycles. The summed E-state index contributed by atoms with van der Waals surface area (Å²) in [6, 6.07) is 0. The van der Waals surface area contributed by atoms with Gasteiger partial charge in [0.05, 0.1) is 5.60 Å². The third-order valence-corrected chi connectivity index (χ3v) is 2.31. The third kappa shape index (κ3) is 0.121. The molecule has 0 aromatic heterocycles. The van der Waals surface area contributed by atoms with Crippen LogP contribution in [0.4, 0.5) is 0 Å². The summed E-state index contributed by atoms with van der Waals surface area (Å²) in [5, 5.41) is 8.97. The molecule has 2 rings (SSSR count). The van der Waals surface area contributed by atoms with E-state index in [1.165, 1.54) is 0 Å². The van der Waals surface area contributed by atoms with Crippen molar-refractivity contribution in [3.63, 3.8) is 0 Å². The van der Waals surface area contributed by atoms with E-state index in [4.69, 9.17) is 5.11 Å². The smallest absolute Gasteiger partial charge is 0.0713 e. The highest BCUT2D eigenvalue weighted by atomic mass is 16.3. The van der Waals surface area contributed by atoms with Crippen LogP contribution in [0.2, 0.25) is 0 Å². The fourth-order valence-corrected chi connectivity index (χ4v) is 1.20. The molecule has 0 bridgehead atoms.